The van der Waals surface area contributed by atoms with Gasteiger partial charge in [-0.1, -0.05) is 16.8 Å². The Morgan fingerprint density at radius 2 is 1.82 bits per heavy atom. The van der Waals surface area contributed by atoms with Crippen molar-refractivity contribution in [2.24, 2.45) is 0 Å². The van der Waals surface area contributed by atoms with Crippen LogP contribution >= 0.6 is 11.6 Å². The van der Waals surface area contributed by atoms with E-state index in [9.17, 15) is 14.0 Å². The summed E-state index contributed by atoms with van der Waals surface area (Å²) in [4.78, 5) is 32.7. The number of hydrogen-bond donors (Lipinski definition) is 3. The van der Waals surface area contributed by atoms with E-state index in [4.69, 9.17) is 22.1 Å². The molecular formula is C30H38ClF2N9O3. The molecule has 0 atom stereocenters. The van der Waals surface area contributed by atoms with E-state index < -0.39 is 23.4 Å². The van der Waals surface area contributed by atoms with E-state index in [1.54, 1.807) is 0 Å². The highest BCUT2D eigenvalue weighted by Crippen LogP contribution is 2.34. The zero-order valence-electron chi connectivity index (χ0n) is 25.4. The third kappa shape index (κ3) is 7.69. The van der Waals surface area contributed by atoms with Crippen molar-refractivity contribution in [1.29, 1.82) is 0 Å². The maximum Gasteiger partial charge on any atom is 0.273 e. The topological polar surface area (TPSA) is 134 Å². The molecule has 2 fully saturated rings. The maximum absolute atomic E-state index is 15.7. The number of anilines is 3. The van der Waals surface area contributed by atoms with Crippen LogP contribution in [0.1, 0.15) is 39.3 Å². The van der Waals surface area contributed by atoms with E-state index >= 15 is 4.39 Å². The van der Waals surface area contributed by atoms with Crippen molar-refractivity contribution in [1.82, 2.24) is 30.1 Å². The van der Waals surface area contributed by atoms with Crippen LogP contribution in [0.5, 0.6) is 0 Å². The van der Waals surface area contributed by atoms with Crippen molar-refractivity contribution in [2.75, 3.05) is 88.6 Å². The quantitative estimate of drug-likeness (QED) is 0.237. The second kappa shape index (κ2) is 14.5. The molecule has 5 rings (SSSR count). The molecule has 0 bridgehead atoms. The van der Waals surface area contributed by atoms with Gasteiger partial charge in [-0.05, 0) is 52.0 Å². The molecule has 2 amide bonds. The fourth-order valence-corrected chi connectivity index (χ4v) is 5.66. The Kier molecular flexibility index (Phi) is 10.5. The summed E-state index contributed by atoms with van der Waals surface area (Å²) in [6.45, 7) is 8.73. The number of nitrogen functional groups attached to an aromatic ring is 1. The van der Waals surface area contributed by atoms with Gasteiger partial charge in [0.15, 0.2) is 17.3 Å². The zero-order valence-corrected chi connectivity index (χ0v) is 26.2. The highest BCUT2D eigenvalue weighted by Gasteiger charge is 2.24. The van der Waals surface area contributed by atoms with Crippen molar-refractivity contribution >= 4 is 40.5 Å². The molecule has 0 saturated carbocycles. The Bertz CT molecular complexity index is 1550. The van der Waals surface area contributed by atoms with Crippen LogP contribution in [0.4, 0.5) is 25.8 Å². The normalized spacial score (nSPS) is 16.4. The van der Waals surface area contributed by atoms with Gasteiger partial charge in [0.1, 0.15) is 5.69 Å². The Morgan fingerprint density at radius 1 is 1.04 bits per heavy atom. The molecule has 2 aliphatic heterocycles. The molecule has 1 aromatic heterocycles. The van der Waals surface area contributed by atoms with Crippen molar-refractivity contribution in [3.63, 3.8) is 0 Å². The summed E-state index contributed by atoms with van der Waals surface area (Å²) in [5.74, 6) is -2.39. The monoisotopic (exact) mass is 645 g/mol. The molecule has 0 spiro atoms. The Hall–Kier alpha value is -3.85. The van der Waals surface area contributed by atoms with E-state index in [1.165, 1.54) is 31.3 Å². The molecule has 15 heteroatoms. The molecule has 242 valence electrons. The standard InChI is InChI=1S/C30H38ClF2N9O3/c1-19-27(31)20(15-22(34)28(19)33)29(43)36-23-17-25(21(32)16-26(23)41-8-4-6-39(2)9-10-41)42-18-24(37-38-42)30(44)35-5-3-7-40-11-13-45-14-12-40/h15-18H,3-14,34H2,1-2H3,(H,35,44)(H,36,43). The van der Waals surface area contributed by atoms with Crippen LogP contribution in [0.15, 0.2) is 24.4 Å². The number of aromatic nitrogens is 3. The number of carbonyl (C=O) groups excluding carboxylic acids is 2. The number of morpholine rings is 1. The van der Waals surface area contributed by atoms with Crippen molar-refractivity contribution in [3.8, 4) is 5.69 Å². The summed E-state index contributed by atoms with van der Waals surface area (Å²) >= 11 is 6.33. The smallest absolute Gasteiger partial charge is 0.273 e. The molecule has 2 aromatic carbocycles. The van der Waals surface area contributed by atoms with Gasteiger partial charge in [-0.15, -0.1) is 5.10 Å². The number of ether oxygens (including phenoxy) is 1. The van der Waals surface area contributed by atoms with Gasteiger partial charge in [0.05, 0.1) is 47.1 Å². The first-order valence-electron chi connectivity index (χ1n) is 15.0. The van der Waals surface area contributed by atoms with Gasteiger partial charge in [-0.3, -0.25) is 14.5 Å². The van der Waals surface area contributed by atoms with Gasteiger partial charge >= 0.3 is 0 Å². The van der Waals surface area contributed by atoms with Crippen LogP contribution in [-0.4, -0.2) is 109 Å². The lowest BCUT2D eigenvalue weighted by molar-refractivity contribution is 0.0374. The molecule has 2 saturated heterocycles. The second-order valence-electron chi connectivity index (χ2n) is 11.3. The number of nitrogens with zero attached hydrogens (tertiary/aromatic N) is 6. The minimum absolute atomic E-state index is 0.0196. The number of likely N-dealkylation sites (N-methyl/N-ethyl adjacent to an activating group) is 1. The Balaban J connectivity index is 1.38. The number of carbonyl (C=O) groups is 2. The van der Waals surface area contributed by atoms with Crippen LogP contribution < -0.4 is 21.3 Å². The molecule has 0 radical (unpaired) electrons. The minimum Gasteiger partial charge on any atom is -0.396 e. The largest absolute Gasteiger partial charge is 0.396 e. The van der Waals surface area contributed by atoms with Crippen LogP contribution in [-0.2, 0) is 4.74 Å². The van der Waals surface area contributed by atoms with Crippen LogP contribution in [0.25, 0.3) is 5.69 Å². The number of amides is 2. The molecule has 0 unspecified atom stereocenters. The summed E-state index contributed by atoms with van der Waals surface area (Å²) in [6.07, 6.45) is 2.93. The molecule has 3 aromatic rings. The first-order valence-corrected chi connectivity index (χ1v) is 15.3. The van der Waals surface area contributed by atoms with E-state index in [1.807, 2.05) is 11.9 Å². The Labute approximate surface area is 265 Å². The van der Waals surface area contributed by atoms with E-state index in [0.717, 1.165) is 50.2 Å². The van der Waals surface area contributed by atoms with Gasteiger partial charge in [-0.2, -0.15) is 0 Å². The SMILES string of the molecule is Cc1c(F)c(N)cc(C(=O)Nc2cc(-n3cc(C(=O)NCCCN4CCOCC4)nn3)c(F)cc2N2CCCN(C)CC2)c1Cl. The number of benzene rings is 2. The fourth-order valence-electron chi connectivity index (χ4n) is 5.43. The van der Waals surface area contributed by atoms with Gasteiger partial charge in [0.25, 0.3) is 11.8 Å². The van der Waals surface area contributed by atoms with Gasteiger partial charge in [-0.25, -0.2) is 13.5 Å². The summed E-state index contributed by atoms with van der Waals surface area (Å²) in [6, 6.07) is 3.94. The van der Waals surface area contributed by atoms with Crippen molar-refractivity contribution in [2.45, 2.75) is 19.8 Å². The van der Waals surface area contributed by atoms with Crippen molar-refractivity contribution < 1.29 is 23.1 Å². The molecule has 12 nitrogen and oxygen atoms in total. The first-order chi connectivity index (χ1) is 21.6. The van der Waals surface area contributed by atoms with E-state index in [2.05, 4.69) is 30.7 Å². The van der Waals surface area contributed by atoms with E-state index in [0.29, 0.717) is 38.5 Å². The molecule has 2 aliphatic rings. The van der Waals surface area contributed by atoms with Crippen LogP contribution in [0, 0.1) is 18.6 Å². The lowest BCUT2D eigenvalue weighted by Gasteiger charge is -2.26. The molecule has 0 aliphatic carbocycles. The molecular weight excluding hydrogens is 608 g/mol. The number of nitrogens with two attached hydrogens (primary N) is 1. The van der Waals surface area contributed by atoms with Crippen LogP contribution in [0.3, 0.4) is 0 Å². The van der Waals surface area contributed by atoms with Gasteiger partial charge < -0.3 is 30.9 Å². The predicted octanol–water partition coefficient (Wildman–Crippen LogP) is 2.94. The zero-order chi connectivity index (χ0) is 32.1. The summed E-state index contributed by atoms with van der Waals surface area (Å²) in [5.41, 5.74) is 6.33. The van der Waals surface area contributed by atoms with Crippen LogP contribution in [0.2, 0.25) is 5.02 Å². The highest BCUT2D eigenvalue weighted by molar-refractivity contribution is 6.35. The lowest BCUT2D eigenvalue weighted by Crippen LogP contribution is -2.38. The second-order valence-corrected chi connectivity index (χ2v) is 11.7. The Morgan fingerprint density at radius 3 is 2.60 bits per heavy atom. The highest BCUT2D eigenvalue weighted by atomic mass is 35.5. The summed E-state index contributed by atoms with van der Waals surface area (Å²) in [7, 11) is 2.02. The summed E-state index contributed by atoms with van der Waals surface area (Å²) < 4.78 is 36.5. The first kappa shape index (κ1) is 32.5. The molecule has 45 heavy (non-hydrogen) atoms. The van der Waals surface area contributed by atoms with Crippen molar-refractivity contribution in [3.05, 3.63) is 57.9 Å². The number of halogens is 3. The lowest BCUT2D eigenvalue weighted by atomic mass is 10.1. The predicted molar refractivity (Wildman–Crippen MR) is 168 cm³/mol. The third-order valence-electron chi connectivity index (χ3n) is 8.08. The number of hydrogen-bond acceptors (Lipinski definition) is 9. The third-order valence-corrected chi connectivity index (χ3v) is 8.57. The summed E-state index contributed by atoms with van der Waals surface area (Å²) in [5, 5.41) is 13.5. The average molecular weight is 646 g/mol. The van der Waals surface area contributed by atoms with Gasteiger partial charge in [0, 0.05) is 50.9 Å². The fraction of sp³-hybridized carbons (Fsp3) is 0.467. The van der Waals surface area contributed by atoms with Gasteiger partial charge in [0.2, 0.25) is 0 Å². The minimum atomic E-state index is -0.696. The number of nitrogens with one attached hydrogen (secondary N) is 2. The number of rotatable bonds is 9. The maximum atomic E-state index is 15.7. The molecule has 4 N–H and O–H groups in total. The average Bonchev–Trinajstić information content (AvgIpc) is 3.43. The van der Waals surface area contributed by atoms with E-state index in [-0.39, 0.29) is 38.9 Å². The molecule has 3 heterocycles.